The third-order valence-corrected chi connectivity index (χ3v) is 5.77. The van der Waals surface area contributed by atoms with E-state index in [1.165, 1.54) is 23.9 Å². The second-order valence-corrected chi connectivity index (χ2v) is 7.77. The quantitative estimate of drug-likeness (QED) is 0.425. The van der Waals surface area contributed by atoms with Gasteiger partial charge in [0.2, 0.25) is 5.95 Å². The molecule has 0 spiro atoms. The Morgan fingerprint density at radius 1 is 0.935 bits per heavy atom. The fourth-order valence-electron chi connectivity index (χ4n) is 3.36. The van der Waals surface area contributed by atoms with Gasteiger partial charge in [0.1, 0.15) is 5.82 Å². The normalized spacial score (nSPS) is 14.2. The topological polar surface area (TPSA) is 86.8 Å². The van der Waals surface area contributed by atoms with E-state index in [1.54, 1.807) is 10.7 Å². The van der Waals surface area contributed by atoms with Crippen LogP contribution in [0.1, 0.15) is 5.82 Å². The van der Waals surface area contributed by atoms with Crippen LogP contribution in [-0.4, -0.2) is 61.3 Å². The minimum absolute atomic E-state index is 0.317. The van der Waals surface area contributed by atoms with Crippen LogP contribution in [0.2, 0.25) is 0 Å². The fraction of sp³-hybridized carbons (Fsp3) is 0.250. The number of aromatic nitrogens is 7. The number of nitrogens with zero attached hydrogens (tertiary/aromatic N) is 8. The predicted octanol–water partition coefficient (Wildman–Crippen LogP) is 2.51. The number of halogens is 1. The van der Waals surface area contributed by atoms with E-state index < -0.39 is 0 Å². The summed E-state index contributed by atoms with van der Waals surface area (Å²) in [5, 5.41) is 21.5. The highest BCUT2D eigenvalue weighted by atomic mass is 32.2. The second kappa shape index (κ2) is 8.82. The van der Waals surface area contributed by atoms with Crippen LogP contribution < -0.4 is 4.90 Å². The van der Waals surface area contributed by atoms with Crippen LogP contribution in [0.5, 0.6) is 0 Å². The van der Waals surface area contributed by atoms with Crippen LogP contribution in [0, 0.1) is 5.82 Å². The van der Waals surface area contributed by atoms with Crippen molar-refractivity contribution in [2.75, 3.05) is 31.2 Å². The number of ether oxygens (including phenoxy) is 1. The highest BCUT2D eigenvalue weighted by Crippen LogP contribution is 2.29. The SMILES string of the molecule is Fc1cccc(-n2c(SCc3nnnn3-c3ccccc3)nnc2N2CCOCC2)c1. The lowest BCUT2D eigenvalue weighted by Gasteiger charge is -2.27. The summed E-state index contributed by atoms with van der Waals surface area (Å²) in [5.41, 5.74) is 1.54. The van der Waals surface area contributed by atoms with E-state index in [2.05, 4.69) is 30.6 Å². The highest BCUT2D eigenvalue weighted by Gasteiger charge is 2.22. The van der Waals surface area contributed by atoms with Gasteiger partial charge in [0.25, 0.3) is 0 Å². The van der Waals surface area contributed by atoms with E-state index in [0.29, 0.717) is 54.7 Å². The molecule has 2 aromatic heterocycles. The number of morpholine rings is 1. The molecule has 0 radical (unpaired) electrons. The average molecular weight is 438 g/mol. The summed E-state index contributed by atoms with van der Waals surface area (Å²) in [4.78, 5) is 2.10. The van der Waals surface area contributed by atoms with Crippen LogP contribution in [-0.2, 0) is 10.5 Å². The zero-order chi connectivity index (χ0) is 21.0. The van der Waals surface area contributed by atoms with Crippen LogP contribution in [0.25, 0.3) is 11.4 Å². The molecule has 1 aliphatic rings. The van der Waals surface area contributed by atoms with Crippen molar-refractivity contribution in [3.63, 3.8) is 0 Å². The molecule has 158 valence electrons. The Kier molecular flexibility index (Phi) is 5.59. The van der Waals surface area contributed by atoms with Gasteiger partial charge in [-0.25, -0.2) is 4.39 Å². The van der Waals surface area contributed by atoms with E-state index in [1.807, 2.05) is 41.0 Å². The van der Waals surface area contributed by atoms with Crippen molar-refractivity contribution in [1.82, 2.24) is 35.0 Å². The molecule has 11 heteroatoms. The summed E-state index contributed by atoms with van der Waals surface area (Å²) < 4.78 is 23.0. The first-order chi connectivity index (χ1) is 15.3. The number of hydrogen-bond donors (Lipinski definition) is 0. The van der Waals surface area contributed by atoms with Gasteiger partial charge in [0, 0.05) is 13.1 Å². The van der Waals surface area contributed by atoms with Gasteiger partial charge in [-0.15, -0.1) is 15.3 Å². The smallest absolute Gasteiger partial charge is 0.232 e. The van der Waals surface area contributed by atoms with Gasteiger partial charge in [-0.2, -0.15) is 4.68 Å². The molecule has 0 unspecified atom stereocenters. The Bertz CT molecular complexity index is 1160. The molecule has 0 N–H and O–H groups in total. The number of para-hydroxylation sites is 1. The van der Waals surface area contributed by atoms with Crippen molar-refractivity contribution >= 4 is 17.7 Å². The molecule has 9 nitrogen and oxygen atoms in total. The van der Waals surface area contributed by atoms with Crippen molar-refractivity contribution in [2.24, 2.45) is 0 Å². The first-order valence-electron chi connectivity index (χ1n) is 9.79. The van der Waals surface area contributed by atoms with Gasteiger partial charge < -0.3 is 9.64 Å². The zero-order valence-corrected chi connectivity index (χ0v) is 17.3. The van der Waals surface area contributed by atoms with Gasteiger partial charge in [0.15, 0.2) is 11.0 Å². The summed E-state index contributed by atoms with van der Waals surface area (Å²) >= 11 is 1.44. The van der Waals surface area contributed by atoms with E-state index in [0.717, 1.165) is 5.69 Å². The van der Waals surface area contributed by atoms with Gasteiger partial charge in [-0.3, -0.25) is 4.57 Å². The van der Waals surface area contributed by atoms with Crippen LogP contribution in [0.15, 0.2) is 59.8 Å². The van der Waals surface area contributed by atoms with Gasteiger partial charge in [0.05, 0.1) is 30.3 Å². The van der Waals surface area contributed by atoms with Crippen molar-refractivity contribution in [1.29, 1.82) is 0 Å². The molecule has 1 aliphatic heterocycles. The van der Waals surface area contributed by atoms with Gasteiger partial charge in [-0.05, 0) is 40.8 Å². The monoisotopic (exact) mass is 438 g/mol. The Morgan fingerprint density at radius 3 is 2.55 bits per heavy atom. The first kappa shape index (κ1) is 19.6. The summed E-state index contributed by atoms with van der Waals surface area (Å²) in [6.07, 6.45) is 0. The molecular weight excluding hydrogens is 419 g/mol. The molecule has 0 aliphatic carbocycles. The third-order valence-electron chi connectivity index (χ3n) is 4.84. The molecule has 31 heavy (non-hydrogen) atoms. The molecule has 1 saturated heterocycles. The summed E-state index contributed by atoms with van der Waals surface area (Å²) in [6.45, 7) is 2.63. The van der Waals surface area contributed by atoms with E-state index >= 15 is 0 Å². The number of tetrazole rings is 1. The minimum Gasteiger partial charge on any atom is -0.378 e. The lowest BCUT2D eigenvalue weighted by Crippen LogP contribution is -2.37. The van der Waals surface area contributed by atoms with Crippen LogP contribution in [0.3, 0.4) is 0 Å². The molecule has 0 atom stereocenters. The number of benzene rings is 2. The Hall–Kier alpha value is -3.31. The summed E-state index contributed by atoms with van der Waals surface area (Å²) in [7, 11) is 0. The summed E-state index contributed by atoms with van der Waals surface area (Å²) in [5.74, 6) is 1.50. The Labute approximate surface area is 181 Å². The van der Waals surface area contributed by atoms with Gasteiger partial charge in [-0.1, -0.05) is 36.0 Å². The molecule has 3 heterocycles. The number of thioether (sulfide) groups is 1. The first-order valence-corrected chi connectivity index (χ1v) is 10.8. The van der Waals surface area contributed by atoms with Crippen molar-refractivity contribution in [2.45, 2.75) is 10.9 Å². The van der Waals surface area contributed by atoms with Crippen LogP contribution in [0.4, 0.5) is 10.3 Å². The second-order valence-electron chi connectivity index (χ2n) is 6.83. The Morgan fingerprint density at radius 2 is 1.74 bits per heavy atom. The molecule has 0 saturated carbocycles. The number of hydrogen-bond acceptors (Lipinski definition) is 8. The lowest BCUT2D eigenvalue weighted by molar-refractivity contribution is 0.122. The van der Waals surface area contributed by atoms with E-state index in [4.69, 9.17) is 4.74 Å². The maximum absolute atomic E-state index is 14.0. The minimum atomic E-state index is -0.317. The molecule has 0 amide bonds. The predicted molar refractivity (Wildman–Crippen MR) is 113 cm³/mol. The molecule has 4 aromatic rings. The van der Waals surface area contributed by atoms with E-state index in [-0.39, 0.29) is 5.82 Å². The molecular formula is C20H19FN8OS. The van der Waals surface area contributed by atoms with Crippen molar-refractivity contribution in [3.8, 4) is 11.4 Å². The standard InChI is InChI=1S/C20H19FN8OS/c21-15-5-4-8-17(13-15)28-19(27-9-11-30-12-10-27)23-24-20(28)31-14-18-22-25-26-29(18)16-6-2-1-3-7-16/h1-8,13H,9-12,14H2. The third kappa shape index (κ3) is 4.14. The molecule has 1 fully saturated rings. The molecule has 2 aromatic carbocycles. The van der Waals surface area contributed by atoms with Crippen LogP contribution >= 0.6 is 11.8 Å². The van der Waals surface area contributed by atoms with E-state index in [9.17, 15) is 4.39 Å². The highest BCUT2D eigenvalue weighted by molar-refractivity contribution is 7.98. The molecule has 0 bridgehead atoms. The summed E-state index contributed by atoms with van der Waals surface area (Å²) in [6, 6.07) is 16.1. The zero-order valence-electron chi connectivity index (χ0n) is 16.5. The number of rotatable bonds is 6. The molecule has 5 rings (SSSR count). The maximum atomic E-state index is 14.0. The Balaban J connectivity index is 1.46. The number of anilines is 1. The maximum Gasteiger partial charge on any atom is 0.232 e. The fourth-order valence-corrected chi connectivity index (χ4v) is 4.21. The lowest BCUT2D eigenvalue weighted by atomic mass is 10.3. The largest absolute Gasteiger partial charge is 0.378 e. The van der Waals surface area contributed by atoms with Gasteiger partial charge >= 0.3 is 0 Å². The van der Waals surface area contributed by atoms with Crippen molar-refractivity contribution in [3.05, 3.63) is 66.2 Å². The average Bonchev–Trinajstić information content (AvgIpc) is 3.46. The van der Waals surface area contributed by atoms with Crippen molar-refractivity contribution < 1.29 is 9.13 Å².